The number of nitrogens with two attached hydrogens (primary N) is 1. The van der Waals surface area contributed by atoms with Crippen molar-refractivity contribution < 1.29 is 13.5 Å². The highest BCUT2D eigenvalue weighted by molar-refractivity contribution is 6.31. The number of nitrogen functional groups attached to an aromatic ring is 1. The number of halogens is 3. The number of hydrogen-bond acceptors (Lipinski definition) is 8. The Bertz CT molecular complexity index is 1340. The molecule has 0 saturated carbocycles. The molecule has 4 rings (SSSR count). The molecule has 0 aliphatic heterocycles. The highest BCUT2D eigenvalue weighted by Gasteiger charge is 2.21. The van der Waals surface area contributed by atoms with E-state index in [1.54, 1.807) is 6.92 Å². The first-order valence-corrected chi connectivity index (χ1v) is 9.20. The summed E-state index contributed by atoms with van der Waals surface area (Å²) < 4.78 is 34.1. The highest BCUT2D eigenvalue weighted by atomic mass is 35.5. The SMILES string of the molecule is C[C@@H](Oc1cnc(-c2ccc(F)c(Cl)c2F)c2ncnc(N)c12)c1ncc(C#N)cn1. The van der Waals surface area contributed by atoms with Crippen LogP contribution in [0.2, 0.25) is 5.02 Å². The van der Waals surface area contributed by atoms with Gasteiger partial charge in [-0.2, -0.15) is 5.26 Å². The van der Waals surface area contributed by atoms with E-state index in [0.29, 0.717) is 11.4 Å². The Morgan fingerprint density at radius 3 is 2.55 bits per heavy atom. The van der Waals surface area contributed by atoms with Crippen molar-refractivity contribution in [2.24, 2.45) is 0 Å². The fourth-order valence-corrected chi connectivity index (χ4v) is 3.08. The van der Waals surface area contributed by atoms with Gasteiger partial charge in [0.1, 0.15) is 34.6 Å². The van der Waals surface area contributed by atoms with E-state index in [2.05, 4.69) is 24.9 Å². The molecule has 0 aliphatic rings. The molecule has 0 amide bonds. The first-order valence-electron chi connectivity index (χ1n) is 8.82. The molecule has 0 aliphatic carbocycles. The van der Waals surface area contributed by atoms with Gasteiger partial charge in [0.25, 0.3) is 0 Å². The number of nitrogens with zero attached hydrogens (tertiary/aromatic N) is 6. The number of pyridine rings is 1. The lowest BCUT2D eigenvalue weighted by Crippen LogP contribution is -2.09. The second-order valence-electron chi connectivity index (χ2n) is 6.38. The van der Waals surface area contributed by atoms with Gasteiger partial charge in [-0.3, -0.25) is 0 Å². The standard InChI is InChI=1S/C20H12ClF2N7O/c1-9(20-27-5-10(4-24)6-28-20)31-13-7-26-17(18-14(13)19(25)30-8-29-18)11-2-3-12(22)15(21)16(11)23/h2-3,5-9H,1H3,(H2,25,29,30)/t9-/m1/s1. The van der Waals surface area contributed by atoms with E-state index in [1.807, 2.05) is 6.07 Å². The average Bonchev–Trinajstić information content (AvgIpc) is 2.78. The third-order valence-electron chi connectivity index (χ3n) is 4.42. The zero-order chi connectivity index (χ0) is 22.1. The number of benzene rings is 1. The van der Waals surface area contributed by atoms with Crippen LogP contribution in [-0.4, -0.2) is 24.9 Å². The lowest BCUT2D eigenvalue weighted by Gasteiger charge is -2.16. The number of fused-ring (bicyclic) bond motifs is 1. The van der Waals surface area contributed by atoms with Crippen LogP contribution in [0.1, 0.15) is 24.4 Å². The van der Waals surface area contributed by atoms with Crippen molar-refractivity contribution in [1.82, 2.24) is 24.9 Å². The van der Waals surface area contributed by atoms with Crippen LogP contribution in [0.15, 0.2) is 37.1 Å². The maximum absolute atomic E-state index is 14.6. The first-order chi connectivity index (χ1) is 14.9. The van der Waals surface area contributed by atoms with Gasteiger partial charge in [0.15, 0.2) is 23.5 Å². The van der Waals surface area contributed by atoms with E-state index in [1.165, 1.54) is 31.0 Å². The third kappa shape index (κ3) is 3.67. The van der Waals surface area contributed by atoms with E-state index in [0.717, 1.165) is 6.07 Å². The molecule has 11 heteroatoms. The molecule has 0 unspecified atom stereocenters. The summed E-state index contributed by atoms with van der Waals surface area (Å²) in [5.74, 6) is -1.25. The summed E-state index contributed by atoms with van der Waals surface area (Å²) in [5, 5.41) is 8.50. The summed E-state index contributed by atoms with van der Waals surface area (Å²) in [6.45, 7) is 1.69. The molecule has 0 saturated heterocycles. The fourth-order valence-electron chi connectivity index (χ4n) is 2.91. The molecule has 0 radical (unpaired) electrons. The number of hydrogen-bond donors (Lipinski definition) is 1. The van der Waals surface area contributed by atoms with Crippen LogP contribution < -0.4 is 10.5 Å². The minimum absolute atomic E-state index is 0.0514. The molecule has 2 N–H and O–H groups in total. The predicted octanol–water partition coefficient (Wildman–Crippen LogP) is 4.01. The Morgan fingerprint density at radius 1 is 1.10 bits per heavy atom. The molecule has 154 valence electrons. The number of ether oxygens (including phenoxy) is 1. The van der Waals surface area contributed by atoms with Gasteiger partial charge in [0.05, 0.1) is 22.8 Å². The van der Waals surface area contributed by atoms with Gasteiger partial charge in [-0.25, -0.2) is 33.7 Å². The summed E-state index contributed by atoms with van der Waals surface area (Å²) >= 11 is 5.71. The van der Waals surface area contributed by atoms with Crippen molar-refractivity contribution in [3.8, 4) is 23.1 Å². The zero-order valence-electron chi connectivity index (χ0n) is 15.8. The van der Waals surface area contributed by atoms with Crippen molar-refractivity contribution >= 4 is 28.3 Å². The van der Waals surface area contributed by atoms with Crippen LogP contribution >= 0.6 is 11.6 Å². The normalized spacial score (nSPS) is 11.8. The molecule has 3 heterocycles. The molecule has 31 heavy (non-hydrogen) atoms. The summed E-state index contributed by atoms with van der Waals surface area (Å²) in [4.78, 5) is 20.6. The Kier molecular flexibility index (Phi) is 5.27. The predicted molar refractivity (Wildman–Crippen MR) is 108 cm³/mol. The van der Waals surface area contributed by atoms with Gasteiger partial charge in [-0.1, -0.05) is 11.6 Å². The quantitative estimate of drug-likeness (QED) is 0.473. The number of rotatable bonds is 4. The van der Waals surface area contributed by atoms with Crippen molar-refractivity contribution in [2.75, 3.05) is 5.73 Å². The fraction of sp³-hybridized carbons (Fsp3) is 0.100. The second kappa shape index (κ2) is 8.04. The Balaban J connectivity index is 1.81. The third-order valence-corrected chi connectivity index (χ3v) is 4.76. The maximum atomic E-state index is 14.6. The lowest BCUT2D eigenvalue weighted by molar-refractivity contribution is 0.218. The van der Waals surface area contributed by atoms with Crippen LogP contribution in [0.4, 0.5) is 14.6 Å². The van der Waals surface area contributed by atoms with Gasteiger partial charge in [-0.15, -0.1) is 0 Å². The largest absolute Gasteiger partial charge is 0.480 e. The van der Waals surface area contributed by atoms with E-state index in [9.17, 15) is 8.78 Å². The number of nitriles is 1. The maximum Gasteiger partial charge on any atom is 0.169 e. The highest BCUT2D eigenvalue weighted by Crippen LogP contribution is 2.37. The van der Waals surface area contributed by atoms with Gasteiger partial charge in [-0.05, 0) is 19.1 Å². The minimum Gasteiger partial charge on any atom is -0.480 e. The van der Waals surface area contributed by atoms with Crippen molar-refractivity contribution in [2.45, 2.75) is 13.0 Å². The summed E-state index contributed by atoms with van der Waals surface area (Å²) in [7, 11) is 0. The molecular weight excluding hydrogens is 428 g/mol. The minimum atomic E-state index is -0.972. The second-order valence-corrected chi connectivity index (χ2v) is 6.76. The Morgan fingerprint density at radius 2 is 1.84 bits per heavy atom. The van der Waals surface area contributed by atoms with Crippen molar-refractivity contribution in [1.29, 1.82) is 5.26 Å². The van der Waals surface area contributed by atoms with E-state index in [-0.39, 0.29) is 33.7 Å². The van der Waals surface area contributed by atoms with Crippen LogP contribution in [0.25, 0.3) is 22.2 Å². The topological polar surface area (TPSA) is 123 Å². The smallest absolute Gasteiger partial charge is 0.169 e. The average molecular weight is 440 g/mol. The molecule has 0 spiro atoms. The summed E-state index contributed by atoms with van der Waals surface area (Å²) in [6.07, 6.45) is 4.64. The number of anilines is 1. The van der Waals surface area contributed by atoms with Crippen LogP contribution in [0, 0.1) is 23.0 Å². The molecule has 0 bridgehead atoms. The molecule has 3 aromatic heterocycles. The molecule has 0 fully saturated rings. The Labute approximate surface area is 179 Å². The molecule has 1 aromatic carbocycles. The van der Waals surface area contributed by atoms with Crippen LogP contribution in [0.3, 0.4) is 0 Å². The lowest BCUT2D eigenvalue weighted by atomic mass is 10.1. The first kappa shape index (κ1) is 20.3. The van der Waals surface area contributed by atoms with Crippen molar-refractivity contribution in [3.05, 3.63) is 65.1 Å². The van der Waals surface area contributed by atoms with Gasteiger partial charge >= 0.3 is 0 Å². The van der Waals surface area contributed by atoms with Crippen LogP contribution in [0.5, 0.6) is 5.75 Å². The van der Waals surface area contributed by atoms with E-state index in [4.69, 9.17) is 27.3 Å². The number of aromatic nitrogens is 5. The molecule has 8 nitrogen and oxygen atoms in total. The van der Waals surface area contributed by atoms with Gasteiger partial charge in [0, 0.05) is 18.0 Å². The van der Waals surface area contributed by atoms with Crippen LogP contribution in [-0.2, 0) is 0 Å². The summed E-state index contributed by atoms with van der Waals surface area (Å²) in [5.41, 5.74) is 6.59. The van der Waals surface area contributed by atoms with Gasteiger partial charge < -0.3 is 10.5 Å². The zero-order valence-corrected chi connectivity index (χ0v) is 16.6. The van der Waals surface area contributed by atoms with Gasteiger partial charge in [0.2, 0.25) is 0 Å². The molecular formula is C20H12ClF2N7O. The van der Waals surface area contributed by atoms with Crippen molar-refractivity contribution in [3.63, 3.8) is 0 Å². The van der Waals surface area contributed by atoms with E-state index >= 15 is 0 Å². The van der Waals surface area contributed by atoms with E-state index < -0.39 is 22.8 Å². The molecule has 4 aromatic rings. The molecule has 1 atom stereocenters. The Hall–Kier alpha value is -3.97. The summed E-state index contributed by atoms with van der Waals surface area (Å²) in [6, 6.07) is 4.18. The monoisotopic (exact) mass is 439 g/mol.